The van der Waals surface area contributed by atoms with Gasteiger partial charge < -0.3 is 13.7 Å². The predicted molar refractivity (Wildman–Crippen MR) is 84.3 cm³/mol. The van der Waals surface area contributed by atoms with E-state index in [-0.39, 0.29) is 11.6 Å². The SMILES string of the molecule is CS(=O)(=O)Oc1ccc2c(c1)C1CCCC1(N1CCOCC1)O2. The van der Waals surface area contributed by atoms with Gasteiger partial charge in [-0.15, -0.1) is 0 Å². The lowest BCUT2D eigenvalue weighted by atomic mass is 9.92. The van der Waals surface area contributed by atoms with E-state index in [9.17, 15) is 8.42 Å². The molecule has 2 unspecified atom stereocenters. The van der Waals surface area contributed by atoms with Crippen molar-refractivity contribution < 1.29 is 22.1 Å². The maximum absolute atomic E-state index is 11.4. The Kier molecular flexibility index (Phi) is 3.55. The predicted octanol–water partition coefficient (Wildman–Crippen LogP) is 1.71. The van der Waals surface area contributed by atoms with Crippen molar-refractivity contribution in [2.45, 2.75) is 30.9 Å². The summed E-state index contributed by atoms with van der Waals surface area (Å²) in [5.41, 5.74) is 0.769. The van der Waals surface area contributed by atoms with Crippen LogP contribution in [0.3, 0.4) is 0 Å². The highest BCUT2D eigenvalue weighted by atomic mass is 32.2. The van der Waals surface area contributed by atoms with E-state index in [4.69, 9.17) is 13.7 Å². The molecule has 0 radical (unpaired) electrons. The van der Waals surface area contributed by atoms with Crippen LogP contribution in [0.1, 0.15) is 30.7 Å². The van der Waals surface area contributed by atoms with E-state index in [1.807, 2.05) is 12.1 Å². The highest BCUT2D eigenvalue weighted by Gasteiger charge is 2.55. The van der Waals surface area contributed by atoms with E-state index < -0.39 is 10.1 Å². The summed E-state index contributed by atoms with van der Waals surface area (Å²) >= 11 is 0. The second-order valence-corrected chi connectivity index (χ2v) is 8.05. The van der Waals surface area contributed by atoms with Gasteiger partial charge in [0.2, 0.25) is 0 Å². The minimum Gasteiger partial charge on any atom is -0.472 e. The zero-order valence-corrected chi connectivity index (χ0v) is 14.0. The molecule has 0 spiro atoms. The highest BCUT2D eigenvalue weighted by molar-refractivity contribution is 7.86. The van der Waals surface area contributed by atoms with E-state index >= 15 is 0 Å². The van der Waals surface area contributed by atoms with Gasteiger partial charge in [0.15, 0.2) is 5.72 Å². The van der Waals surface area contributed by atoms with Crippen LogP contribution in [0.5, 0.6) is 11.5 Å². The summed E-state index contributed by atoms with van der Waals surface area (Å²) in [5.74, 6) is 1.47. The van der Waals surface area contributed by atoms with Crippen molar-refractivity contribution in [1.29, 1.82) is 0 Å². The van der Waals surface area contributed by atoms with Crippen molar-refractivity contribution in [3.63, 3.8) is 0 Å². The van der Waals surface area contributed by atoms with E-state index in [1.165, 1.54) is 0 Å². The first-order valence-electron chi connectivity index (χ1n) is 8.03. The third kappa shape index (κ3) is 2.60. The molecular formula is C16H21NO5S. The van der Waals surface area contributed by atoms with E-state index in [1.54, 1.807) is 6.07 Å². The van der Waals surface area contributed by atoms with Gasteiger partial charge >= 0.3 is 10.1 Å². The molecule has 0 N–H and O–H groups in total. The molecule has 1 aromatic carbocycles. The summed E-state index contributed by atoms with van der Waals surface area (Å²) in [6.07, 6.45) is 4.21. The molecule has 3 aliphatic rings. The van der Waals surface area contributed by atoms with E-state index in [0.29, 0.717) is 5.75 Å². The Bertz CT molecular complexity index is 713. The maximum Gasteiger partial charge on any atom is 0.306 e. The Morgan fingerprint density at radius 2 is 2.09 bits per heavy atom. The third-order valence-electron chi connectivity index (χ3n) is 5.01. The number of rotatable bonds is 3. The van der Waals surface area contributed by atoms with Crippen LogP contribution < -0.4 is 8.92 Å². The van der Waals surface area contributed by atoms with Gasteiger partial charge in [-0.1, -0.05) is 0 Å². The Hall–Kier alpha value is -1.31. The summed E-state index contributed by atoms with van der Waals surface area (Å²) in [7, 11) is -3.52. The molecule has 6 nitrogen and oxygen atoms in total. The second kappa shape index (κ2) is 5.36. The Morgan fingerprint density at radius 1 is 1.30 bits per heavy atom. The van der Waals surface area contributed by atoms with Crippen molar-refractivity contribution in [3.05, 3.63) is 23.8 Å². The van der Waals surface area contributed by atoms with Gasteiger partial charge in [0, 0.05) is 31.0 Å². The van der Waals surface area contributed by atoms with Gasteiger partial charge in [-0.05, 0) is 31.0 Å². The van der Waals surface area contributed by atoms with Gasteiger partial charge in [-0.2, -0.15) is 8.42 Å². The van der Waals surface area contributed by atoms with Gasteiger partial charge in [0.25, 0.3) is 0 Å². The van der Waals surface area contributed by atoms with Crippen molar-refractivity contribution in [1.82, 2.24) is 4.90 Å². The molecule has 1 saturated carbocycles. The summed E-state index contributed by atoms with van der Waals surface area (Å²) in [6.45, 7) is 3.21. The smallest absolute Gasteiger partial charge is 0.306 e. The monoisotopic (exact) mass is 339 g/mol. The fourth-order valence-corrected chi connectivity index (χ4v) is 4.63. The van der Waals surface area contributed by atoms with Crippen LogP contribution in [0, 0.1) is 0 Å². The topological polar surface area (TPSA) is 65.1 Å². The van der Waals surface area contributed by atoms with Crippen LogP contribution in [0.15, 0.2) is 18.2 Å². The number of morpholine rings is 1. The third-order valence-corrected chi connectivity index (χ3v) is 5.50. The summed E-state index contributed by atoms with van der Waals surface area (Å²) in [5, 5.41) is 0. The molecule has 2 aliphatic heterocycles. The molecule has 0 aromatic heterocycles. The molecular weight excluding hydrogens is 318 g/mol. The van der Waals surface area contributed by atoms with Crippen LogP contribution in [0.4, 0.5) is 0 Å². The Morgan fingerprint density at radius 3 is 2.83 bits per heavy atom. The lowest BCUT2D eigenvalue weighted by Crippen LogP contribution is -2.56. The molecule has 23 heavy (non-hydrogen) atoms. The molecule has 4 rings (SSSR count). The van der Waals surface area contributed by atoms with E-state index in [2.05, 4.69) is 4.90 Å². The molecule has 2 heterocycles. The second-order valence-electron chi connectivity index (χ2n) is 6.48. The van der Waals surface area contributed by atoms with Crippen LogP contribution in [0.2, 0.25) is 0 Å². The van der Waals surface area contributed by atoms with Crippen LogP contribution in [0.25, 0.3) is 0 Å². The first-order valence-corrected chi connectivity index (χ1v) is 9.85. The molecule has 1 aromatic rings. The van der Waals surface area contributed by atoms with E-state index in [0.717, 1.165) is 63.1 Å². The molecule has 126 valence electrons. The number of ether oxygens (including phenoxy) is 2. The zero-order chi connectivity index (χ0) is 16.1. The largest absolute Gasteiger partial charge is 0.472 e. The molecule has 1 aliphatic carbocycles. The molecule has 2 fully saturated rings. The molecule has 0 amide bonds. The fraction of sp³-hybridized carbons (Fsp3) is 0.625. The Labute approximate surface area is 136 Å². The maximum atomic E-state index is 11.4. The quantitative estimate of drug-likeness (QED) is 0.781. The van der Waals surface area contributed by atoms with Crippen LogP contribution in [-0.2, 0) is 14.9 Å². The number of fused-ring (bicyclic) bond motifs is 3. The first kappa shape index (κ1) is 15.2. The van der Waals surface area contributed by atoms with Gasteiger partial charge in [0.1, 0.15) is 11.5 Å². The summed E-state index contributed by atoms with van der Waals surface area (Å²) in [4.78, 5) is 2.39. The number of hydrogen-bond donors (Lipinski definition) is 0. The van der Waals surface area contributed by atoms with Crippen LogP contribution in [-0.4, -0.2) is 51.6 Å². The minimum absolute atomic E-state index is 0.263. The minimum atomic E-state index is -3.52. The first-order chi connectivity index (χ1) is 11.0. The van der Waals surface area contributed by atoms with Crippen molar-refractivity contribution in [3.8, 4) is 11.5 Å². The molecule has 2 atom stereocenters. The molecule has 7 heteroatoms. The van der Waals surface area contributed by atoms with Gasteiger partial charge in [-0.25, -0.2) is 0 Å². The molecule has 1 saturated heterocycles. The number of nitrogens with zero attached hydrogens (tertiary/aromatic N) is 1. The van der Waals surface area contributed by atoms with Crippen LogP contribution >= 0.6 is 0 Å². The van der Waals surface area contributed by atoms with Gasteiger partial charge in [-0.3, -0.25) is 4.90 Å². The number of benzene rings is 1. The summed E-state index contributed by atoms with van der Waals surface area (Å²) in [6, 6.07) is 5.32. The standard InChI is InChI=1S/C16H21NO5S/c1-23(18,19)22-12-4-5-15-13(11-12)14-3-2-6-16(14,21-15)17-7-9-20-10-8-17/h4-5,11,14H,2-3,6-10H2,1H3. The zero-order valence-electron chi connectivity index (χ0n) is 13.2. The van der Waals surface area contributed by atoms with Crippen molar-refractivity contribution in [2.24, 2.45) is 0 Å². The normalized spacial score (nSPS) is 30.6. The lowest BCUT2D eigenvalue weighted by molar-refractivity contribution is -0.115. The van der Waals surface area contributed by atoms with Gasteiger partial charge in [0.05, 0.1) is 19.5 Å². The summed E-state index contributed by atoms with van der Waals surface area (Å²) < 4.78 is 39.6. The lowest BCUT2D eigenvalue weighted by Gasteiger charge is -2.42. The highest BCUT2D eigenvalue weighted by Crippen LogP contribution is 2.56. The Balaban J connectivity index is 1.67. The molecule has 0 bridgehead atoms. The average molecular weight is 339 g/mol. The van der Waals surface area contributed by atoms with Crippen molar-refractivity contribution >= 4 is 10.1 Å². The fourth-order valence-electron chi connectivity index (χ4n) is 4.17. The number of hydrogen-bond acceptors (Lipinski definition) is 6. The average Bonchev–Trinajstić information content (AvgIpc) is 3.04. The van der Waals surface area contributed by atoms with Crippen molar-refractivity contribution in [2.75, 3.05) is 32.6 Å².